The minimum absolute atomic E-state index is 0.202. The first-order chi connectivity index (χ1) is 8.10. The smallest absolute Gasteiger partial charge is 0.307 e. The van der Waals surface area contributed by atoms with Crippen LogP contribution in [0, 0.1) is 24.2 Å². The monoisotopic (exact) mass is 237 g/mol. The molecular formula is C13H19NO3. The minimum atomic E-state index is -0.879. The van der Waals surface area contributed by atoms with Gasteiger partial charge < -0.3 is 10.4 Å². The van der Waals surface area contributed by atoms with Gasteiger partial charge in [-0.25, -0.2) is 0 Å². The normalized spacial score (nSPS) is 24.9. The Kier molecular flexibility index (Phi) is 5.02. The van der Waals surface area contributed by atoms with E-state index in [4.69, 9.17) is 11.5 Å². The Labute approximate surface area is 102 Å². The molecule has 1 saturated carbocycles. The van der Waals surface area contributed by atoms with Crippen molar-refractivity contribution >= 4 is 11.9 Å². The number of terminal acetylenes is 1. The van der Waals surface area contributed by atoms with Gasteiger partial charge in [0.15, 0.2) is 0 Å². The fourth-order valence-electron chi connectivity index (χ4n) is 2.33. The zero-order valence-corrected chi connectivity index (χ0v) is 10.1. The molecule has 17 heavy (non-hydrogen) atoms. The van der Waals surface area contributed by atoms with Gasteiger partial charge in [-0.2, -0.15) is 0 Å². The summed E-state index contributed by atoms with van der Waals surface area (Å²) in [6, 6.07) is -0.275. The van der Waals surface area contributed by atoms with Crippen molar-refractivity contribution in [2.45, 2.75) is 45.1 Å². The van der Waals surface area contributed by atoms with Crippen LogP contribution >= 0.6 is 0 Å². The maximum absolute atomic E-state index is 11.9. The standard InChI is InChI=1S/C13H19NO3/c1-3-6-9(4-2)14-12(15)10-7-5-8-11(10)13(16)17/h2,9-11H,3,5-8H2,1H3,(H,14,15)(H,16,17). The van der Waals surface area contributed by atoms with E-state index in [1.165, 1.54) is 0 Å². The Hall–Kier alpha value is -1.50. The highest BCUT2D eigenvalue weighted by Gasteiger charge is 2.38. The number of rotatable bonds is 5. The molecule has 4 nitrogen and oxygen atoms in total. The van der Waals surface area contributed by atoms with Crippen molar-refractivity contribution in [1.29, 1.82) is 0 Å². The Morgan fingerprint density at radius 3 is 2.65 bits per heavy atom. The van der Waals surface area contributed by atoms with E-state index in [-0.39, 0.29) is 11.9 Å². The number of hydrogen-bond acceptors (Lipinski definition) is 2. The van der Waals surface area contributed by atoms with Crippen LogP contribution < -0.4 is 5.32 Å². The third kappa shape index (κ3) is 3.48. The summed E-state index contributed by atoms with van der Waals surface area (Å²) in [7, 11) is 0. The first-order valence-corrected chi connectivity index (χ1v) is 6.09. The average Bonchev–Trinajstić information content (AvgIpc) is 2.77. The third-order valence-corrected chi connectivity index (χ3v) is 3.26. The van der Waals surface area contributed by atoms with Crippen LogP contribution in [0.1, 0.15) is 39.0 Å². The molecule has 3 atom stereocenters. The van der Waals surface area contributed by atoms with Crippen molar-refractivity contribution in [3.05, 3.63) is 0 Å². The van der Waals surface area contributed by atoms with E-state index in [0.717, 1.165) is 19.3 Å². The van der Waals surface area contributed by atoms with E-state index in [1.54, 1.807) is 0 Å². The van der Waals surface area contributed by atoms with Gasteiger partial charge in [0.25, 0.3) is 0 Å². The van der Waals surface area contributed by atoms with Gasteiger partial charge >= 0.3 is 5.97 Å². The molecule has 0 heterocycles. The summed E-state index contributed by atoms with van der Waals surface area (Å²) in [4.78, 5) is 22.9. The molecule has 0 aliphatic heterocycles. The highest BCUT2D eigenvalue weighted by atomic mass is 16.4. The predicted octanol–water partition coefficient (Wildman–Crippen LogP) is 1.41. The van der Waals surface area contributed by atoms with Crippen LogP contribution in [0.5, 0.6) is 0 Å². The van der Waals surface area contributed by atoms with E-state index in [2.05, 4.69) is 11.2 Å². The Morgan fingerprint density at radius 2 is 2.12 bits per heavy atom. The molecule has 0 bridgehead atoms. The summed E-state index contributed by atoms with van der Waals surface area (Å²) >= 11 is 0. The number of nitrogens with one attached hydrogen (secondary N) is 1. The van der Waals surface area contributed by atoms with Crippen molar-refractivity contribution in [2.24, 2.45) is 11.8 Å². The quantitative estimate of drug-likeness (QED) is 0.710. The van der Waals surface area contributed by atoms with Crippen LogP contribution in [-0.4, -0.2) is 23.0 Å². The van der Waals surface area contributed by atoms with Crippen molar-refractivity contribution in [2.75, 3.05) is 0 Å². The lowest BCUT2D eigenvalue weighted by molar-refractivity contribution is -0.146. The van der Waals surface area contributed by atoms with E-state index >= 15 is 0 Å². The van der Waals surface area contributed by atoms with Gasteiger partial charge in [-0.15, -0.1) is 6.42 Å². The Balaban J connectivity index is 2.57. The summed E-state index contributed by atoms with van der Waals surface area (Å²) in [5.41, 5.74) is 0. The van der Waals surface area contributed by atoms with Crippen molar-refractivity contribution in [3.8, 4) is 12.3 Å². The van der Waals surface area contributed by atoms with Gasteiger partial charge in [-0.1, -0.05) is 25.7 Å². The van der Waals surface area contributed by atoms with Crippen LogP contribution in [0.25, 0.3) is 0 Å². The van der Waals surface area contributed by atoms with Gasteiger partial charge in [-0.3, -0.25) is 9.59 Å². The van der Waals surface area contributed by atoms with Crippen LogP contribution in [0.4, 0.5) is 0 Å². The zero-order valence-electron chi connectivity index (χ0n) is 10.1. The predicted molar refractivity (Wildman–Crippen MR) is 64.1 cm³/mol. The second kappa shape index (κ2) is 6.29. The SMILES string of the molecule is C#CC(CCC)NC(=O)C1CCCC1C(=O)O. The number of carboxylic acids is 1. The van der Waals surface area contributed by atoms with E-state index < -0.39 is 17.8 Å². The third-order valence-electron chi connectivity index (χ3n) is 3.26. The number of amides is 1. The molecule has 1 amide bonds. The molecule has 0 radical (unpaired) electrons. The molecule has 4 heteroatoms. The lowest BCUT2D eigenvalue weighted by Gasteiger charge is -2.18. The van der Waals surface area contributed by atoms with Gasteiger partial charge in [0.05, 0.1) is 17.9 Å². The fourth-order valence-corrected chi connectivity index (χ4v) is 2.33. The lowest BCUT2D eigenvalue weighted by atomic mass is 9.95. The first-order valence-electron chi connectivity index (χ1n) is 6.09. The van der Waals surface area contributed by atoms with Crippen molar-refractivity contribution in [3.63, 3.8) is 0 Å². The van der Waals surface area contributed by atoms with Gasteiger partial charge in [0.1, 0.15) is 0 Å². The molecule has 1 rings (SSSR count). The number of carbonyl (C=O) groups is 2. The first kappa shape index (κ1) is 13.6. The highest BCUT2D eigenvalue weighted by molar-refractivity contribution is 5.85. The number of aliphatic carboxylic acids is 1. The molecular weight excluding hydrogens is 218 g/mol. The van der Waals surface area contributed by atoms with Crippen LogP contribution in [0.15, 0.2) is 0 Å². The fraction of sp³-hybridized carbons (Fsp3) is 0.692. The maximum Gasteiger partial charge on any atom is 0.307 e. The molecule has 0 aromatic rings. The van der Waals surface area contributed by atoms with Crippen molar-refractivity contribution < 1.29 is 14.7 Å². The molecule has 94 valence electrons. The minimum Gasteiger partial charge on any atom is -0.481 e. The molecule has 3 unspecified atom stereocenters. The van der Waals surface area contributed by atoms with Gasteiger partial charge in [0, 0.05) is 0 Å². The lowest BCUT2D eigenvalue weighted by Crippen LogP contribution is -2.40. The molecule has 1 fully saturated rings. The average molecular weight is 237 g/mol. The second-order valence-corrected chi connectivity index (χ2v) is 4.50. The summed E-state index contributed by atoms with van der Waals surface area (Å²) in [5.74, 6) is 0.478. The maximum atomic E-state index is 11.9. The number of carbonyl (C=O) groups excluding carboxylic acids is 1. The van der Waals surface area contributed by atoms with Crippen LogP contribution in [0.2, 0.25) is 0 Å². The Morgan fingerprint density at radius 1 is 1.47 bits per heavy atom. The number of carboxylic acid groups (broad SMARTS) is 1. The molecule has 1 aliphatic carbocycles. The summed E-state index contributed by atoms with van der Waals surface area (Å²) in [6.07, 6.45) is 8.96. The largest absolute Gasteiger partial charge is 0.481 e. The summed E-state index contributed by atoms with van der Waals surface area (Å²) in [6.45, 7) is 1.99. The highest BCUT2D eigenvalue weighted by Crippen LogP contribution is 2.32. The van der Waals surface area contributed by atoms with Crippen LogP contribution in [-0.2, 0) is 9.59 Å². The van der Waals surface area contributed by atoms with Gasteiger partial charge in [0.2, 0.25) is 5.91 Å². The number of hydrogen-bond donors (Lipinski definition) is 2. The molecule has 2 N–H and O–H groups in total. The van der Waals surface area contributed by atoms with E-state index in [1.807, 2.05) is 6.92 Å². The molecule has 0 spiro atoms. The molecule has 0 aromatic heterocycles. The Bertz CT molecular complexity index is 332. The van der Waals surface area contributed by atoms with Gasteiger partial charge in [-0.05, 0) is 19.3 Å². The topological polar surface area (TPSA) is 66.4 Å². The van der Waals surface area contributed by atoms with E-state index in [9.17, 15) is 9.59 Å². The molecule has 0 saturated heterocycles. The summed E-state index contributed by atoms with van der Waals surface area (Å²) < 4.78 is 0. The second-order valence-electron chi connectivity index (χ2n) is 4.50. The van der Waals surface area contributed by atoms with E-state index in [0.29, 0.717) is 12.8 Å². The van der Waals surface area contributed by atoms with Crippen molar-refractivity contribution in [1.82, 2.24) is 5.32 Å². The summed E-state index contributed by atoms with van der Waals surface area (Å²) in [5, 5.41) is 11.8. The van der Waals surface area contributed by atoms with Crippen LogP contribution in [0.3, 0.4) is 0 Å². The molecule has 1 aliphatic rings. The zero-order chi connectivity index (χ0) is 12.8. The molecule has 0 aromatic carbocycles.